The molecule has 0 radical (unpaired) electrons. The Kier molecular flexibility index (Phi) is 5.99. The van der Waals surface area contributed by atoms with Crippen molar-refractivity contribution in [3.05, 3.63) is 76.3 Å². The summed E-state index contributed by atoms with van der Waals surface area (Å²) in [5.41, 5.74) is 7.11. The number of amides is 2. The number of allylic oxidation sites excluding steroid dienone is 1. The molecule has 2 aromatic heterocycles. The standard InChI is InChI=1S/C27H30N4O2/c1-18-23(16-29-27(33)25-14-20-9-5-6-10-24(20)30-25)22-11-12-31(17-21(22)15-28-18)26(32)13-19-7-3-2-4-8-19/h5-7,9-10,14-15,30H,2-4,8,11-13,16-17H2,1H3,(H,29,33). The normalized spacial score (nSPS) is 15.8. The molecule has 0 spiro atoms. The maximum absolute atomic E-state index is 12.9. The van der Waals surface area contributed by atoms with Gasteiger partial charge in [-0.2, -0.15) is 0 Å². The first-order valence-corrected chi connectivity index (χ1v) is 11.9. The van der Waals surface area contributed by atoms with Crippen LogP contribution < -0.4 is 5.32 Å². The summed E-state index contributed by atoms with van der Waals surface area (Å²) in [4.78, 5) is 35.4. The number of hydrogen-bond acceptors (Lipinski definition) is 3. The summed E-state index contributed by atoms with van der Waals surface area (Å²) in [5, 5.41) is 4.08. The van der Waals surface area contributed by atoms with Crippen LogP contribution in [0.25, 0.3) is 10.9 Å². The van der Waals surface area contributed by atoms with Crippen molar-refractivity contribution in [3.63, 3.8) is 0 Å². The summed E-state index contributed by atoms with van der Waals surface area (Å²) in [6.07, 6.45) is 10.1. The lowest BCUT2D eigenvalue weighted by Crippen LogP contribution is -2.37. The Morgan fingerprint density at radius 1 is 1.18 bits per heavy atom. The first kappa shape index (κ1) is 21.4. The number of aromatic nitrogens is 2. The Bertz CT molecular complexity index is 1210. The molecule has 1 aliphatic carbocycles. The van der Waals surface area contributed by atoms with Crippen molar-refractivity contribution in [1.29, 1.82) is 0 Å². The summed E-state index contributed by atoms with van der Waals surface area (Å²) in [7, 11) is 0. The minimum Gasteiger partial charge on any atom is -0.351 e. The second kappa shape index (κ2) is 9.22. The van der Waals surface area contributed by atoms with E-state index in [4.69, 9.17) is 0 Å². The zero-order valence-electron chi connectivity index (χ0n) is 19.1. The Labute approximate surface area is 194 Å². The number of para-hydroxylation sites is 1. The van der Waals surface area contributed by atoms with Crippen LogP contribution in [-0.2, 0) is 24.3 Å². The first-order chi connectivity index (χ1) is 16.1. The van der Waals surface area contributed by atoms with Gasteiger partial charge in [0.1, 0.15) is 5.69 Å². The van der Waals surface area contributed by atoms with Gasteiger partial charge in [0.2, 0.25) is 5.91 Å². The third-order valence-electron chi connectivity index (χ3n) is 6.91. The van der Waals surface area contributed by atoms with Gasteiger partial charge in [-0.25, -0.2) is 0 Å². The van der Waals surface area contributed by atoms with E-state index >= 15 is 0 Å². The molecule has 2 aliphatic rings. The number of pyridine rings is 1. The highest BCUT2D eigenvalue weighted by molar-refractivity contribution is 5.98. The quantitative estimate of drug-likeness (QED) is 0.568. The minimum absolute atomic E-state index is 0.128. The SMILES string of the molecule is Cc1ncc2c(c1CNC(=O)c1cc3ccccc3[nH]1)CCN(C(=O)CC1=CCCCC1)C2. The van der Waals surface area contributed by atoms with Gasteiger partial charge in [-0.05, 0) is 67.9 Å². The molecule has 0 saturated carbocycles. The Balaban J connectivity index is 1.27. The van der Waals surface area contributed by atoms with Crippen molar-refractivity contribution in [2.24, 2.45) is 0 Å². The highest BCUT2D eigenvalue weighted by Gasteiger charge is 2.25. The topological polar surface area (TPSA) is 78.1 Å². The van der Waals surface area contributed by atoms with Gasteiger partial charge < -0.3 is 15.2 Å². The molecule has 5 rings (SSSR count). The average Bonchev–Trinajstić information content (AvgIpc) is 3.28. The van der Waals surface area contributed by atoms with E-state index in [2.05, 4.69) is 21.4 Å². The highest BCUT2D eigenvalue weighted by Crippen LogP contribution is 2.26. The van der Waals surface area contributed by atoms with Crippen LogP contribution in [0, 0.1) is 6.92 Å². The van der Waals surface area contributed by atoms with E-state index in [0.29, 0.717) is 31.7 Å². The van der Waals surface area contributed by atoms with E-state index < -0.39 is 0 Å². The van der Waals surface area contributed by atoms with Gasteiger partial charge >= 0.3 is 0 Å². The Hall–Kier alpha value is -3.41. The summed E-state index contributed by atoms with van der Waals surface area (Å²) in [6, 6.07) is 9.74. The molecule has 0 atom stereocenters. The van der Waals surface area contributed by atoms with Gasteiger partial charge in [0.05, 0.1) is 0 Å². The van der Waals surface area contributed by atoms with E-state index in [1.165, 1.54) is 24.0 Å². The van der Waals surface area contributed by atoms with E-state index in [1.54, 1.807) is 0 Å². The molecule has 6 nitrogen and oxygen atoms in total. The maximum atomic E-state index is 12.9. The lowest BCUT2D eigenvalue weighted by atomic mass is 9.93. The molecule has 1 aromatic carbocycles. The van der Waals surface area contributed by atoms with Crippen LogP contribution in [0.5, 0.6) is 0 Å². The van der Waals surface area contributed by atoms with Crippen molar-refractivity contribution in [1.82, 2.24) is 20.2 Å². The average molecular weight is 443 g/mol. The van der Waals surface area contributed by atoms with Crippen molar-refractivity contribution in [2.75, 3.05) is 6.54 Å². The molecule has 1 aliphatic heterocycles. The molecule has 3 aromatic rings. The van der Waals surface area contributed by atoms with Crippen molar-refractivity contribution < 1.29 is 9.59 Å². The van der Waals surface area contributed by atoms with Crippen LogP contribution in [0.4, 0.5) is 0 Å². The summed E-state index contributed by atoms with van der Waals surface area (Å²) >= 11 is 0. The third kappa shape index (κ3) is 4.56. The number of benzene rings is 1. The molecule has 6 heteroatoms. The number of aromatic amines is 1. The Morgan fingerprint density at radius 2 is 2.06 bits per heavy atom. The number of nitrogens with zero attached hydrogens (tertiary/aromatic N) is 2. The predicted molar refractivity (Wildman–Crippen MR) is 129 cm³/mol. The van der Waals surface area contributed by atoms with E-state index in [1.807, 2.05) is 48.4 Å². The first-order valence-electron chi connectivity index (χ1n) is 11.9. The van der Waals surface area contributed by atoms with Gasteiger partial charge in [0.25, 0.3) is 5.91 Å². The van der Waals surface area contributed by atoms with Crippen molar-refractivity contribution >= 4 is 22.7 Å². The molecule has 0 saturated heterocycles. The largest absolute Gasteiger partial charge is 0.351 e. The number of H-pyrrole nitrogens is 1. The molecule has 3 heterocycles. The number of carbonyl (C=O) groups excluding carboxylic acids is 2. The highest BCUT2D eigenvalue weighted by atomic mass is 16.2. The molecule has 2 amide bonds. The molecular formula is C27H30N4O2. The van der Waals surface area contributed by atoms with Gasteiger partial charge in [-0.3, -0.25) is 14.6 Å². The van der Waals surface area contributed by atoms with Crippen LogP contribution in [0.2, 0.25) is 0 Å². The summed E-state index contributed by atoms with van der Waals surface area (Å²) < 4.78 is 0. The Morgan fingerprint density at radius 3 is 2.88 bits per heavy atom. The van der Waals surface area contributed by atoms with Gasteiger partial charge in [-0.1, -0.05) is 29.8 Å². The summed E-state index contributed by atoms with van der Waals surface area (Å²) in [6.45, 7) is 3.72. The van der Waals surface area contributed by atoms with E-state index in [-0.39, 0.29) is 11.8 Å². The molecule has 0 bridgehead atoms. The molecule has 0 fully saturated rings. The monoisotopic (exact) mass is 442 g/mol. The van der Waals surface area contributed by atoms with Crippen molar-refractivity contribution in [2.45, 2.75) is 58.5 Å². The van der Waals surface area contributed by atoms with Crippen LogP contribution in [0.1, 0.15) is 65.0 Å². The molecule has 170 valence electrons. The second-order valence-electron chi connectivity index (χ2n) is 9.13. The van der Waals surface area contributed by atoms with Crippen molar-refractivity contribution in [3.8, 4) is 0 Å². The second-order valence-corrected chi connectivity index (χ2v) is 9.13. The lowest BCUT2D eigenvalue weighted by Gasteiger charge is -2.31. The van der Waals surface area contributed by atoms with Crippen LogP contribution in [0.3, 0.4) is 0 Å². The number of fused-ring (bicyclic) bond motifs is 2. The lowest BCUT2D eigenvalue weighted by molar-refractivity contribution is -0.131. The van der Waals surface area contributed by atoms with Crippen LogP contribution in [0.15, 0.2) is 48.2 Å². The number of hydrogen-bond donors (Lipinski definition) is 2. The molecule has 33 heavy (non-hydrogen) atoms. The van der Waals surface area contributed by atoms with Crippen LogP contribution >= 0.6 is 0 Å². The molecule has 0 unspecified atom stereocenters. The van der Waals surface area contributed by atoms with E-state index in [9.17, 15) is 9.59 Å². The maximum Gasteiger partial charge on any atom is 0.267 e. The third-order valence-corrected chi connectivity index (χ3v) is 6.91. The van der Waals surface area contributed by atoms with Gasteiger partial charge in [-0.15, -0.1) is 0 Å². The number of nitrogens with one attached hydrogen (secondary N) is 2. The predicted octanol–water partition coefficient (Wildman–Crippen LogP) is 4.58. The molecule has 2 N–H and O–H groups in total. The van der Waals surface area contributed by atoms with Gasteiger partial charge in [0, 0.05) is 48.8 Å². The zero-order chi connectivity index (χ0) is 22.8. The van der Waals surface area contributed by atoms with E-state index in [0.717, 1.165) is 47.0 Å². The number of carbonyl (C=O) groups is 2. The fourth-order valence-electron chi connectivity index (χ4n) is 5.00. The van der Waals surface area contributed by atoms with Gasteiger partial charge in [0.15, 0.2) is 0 Å². The smallest absolute Gasteiger partial charge is 0.267 e. The molecular weight excluding hydrogens is 412 g/mol. The fraction of sp³-hybridized carbons (Fsp3) is 0.370. The minimum atomic E-state index is -0.128. The fourth-order valence-corrected chi connectivity index (χ4v) is 5.00. The number of aryl methyl sites for hydroxylation is 1. The summed E-state index contributed by atoms with van der Waals surface area (Å²) in [5.74, 6) is 0.0830. The van der Waals surface area contributed by atoms with Crippen LogP contribution in [-0.4, -0.2) is 33.2 Å². The number of rotatable bonds is 5. The zero-order valence-corrected chi connectivity index (χ0v) is 19.1.